The number of hydrogen-bond acceptors (Lipinski definition) is 2. The smallest absolute Gasteiger partial charge is 1.00 e. The molecule has 2 nitrogen and oxygen atoms in total. The van der Waals surface area contributed by atoms with Gasteiger partial charge in [0, 0.05) is 0 Å². The Kier molecular flexibility index (Phi) is 7.12. The average Bonchev–Trinajstić information content (AvgIpc) is 2.64. The summed E-state index contributed by atoms with van der Waals surface area (Å²) in [6.45, 7) is 9.52. The van der Waals surface area contributed by atoms with Crippen LogP contribution in [-0.4, -0.2) is 25.3 Å². The summed E-state index contributed by atoms with van der Waals surface area (Å²) in [7, 11) is -1.24. The molecule has 0 aromatic rings. The van der Waals surface area contributed by atoms with E-state index in [0.29, 0.717) is 6.61 Å². The van der Waals surface area contributed by atoms with E-state index in [0.717, 1.165) is 6.42 Å². The number of aliphatic hydroxyl groups excluding tert-OH is 1. The fraction of sp³-hybridized carbons (Fsp3) is 0.692. The van der Waals surface area contributed by atoms with Crippen LogP contribution in [0.5, 0.6) is 0 Å². The molecule has 2 aliphatic rings. The number of hydrogen-bond donors (Lipinski definition) is 2. The van der Waals surface area contributed by atoms with Gasteiger partial charge in [-0.15, -0.1) is 0 Å². The zero-order valence-corrected chi connectivity index (χ0v) is 17.0. The van der Waals surface area contributed by atoms with Crippen LogP contribution in [-0.2, 0) is 24.7 Å². The van der Waals surface area contributed by atoms with Crippen LogP contribution >= 0.6 is 0 Å². The van der Waals surface area contributed by atoms with Crippen LogP contribution in [0.1, 0.15) is 33.6 Å². The van der Waals surface area contributed by atoms with Crippen LogP contribution < -0.4 is 30.1 Å². The van der Waals surface area contributed by atoms with Crippen LogP contribution in [0.3, 0.4) is 0 Å². The van der Waals surface area contributed by atoms with Gasteiger partial charge >= 0.3 is 121 Å². The summed E-state index contributed by atoms with van der Waals surface area (Å²) < 4.78 is 1.67. The van der Waals surface area contributed by atoms with Crippen LogP contribution in [0, 0.1) is 0 Å². The number of fused-ring (bicyclic) bond motifs is 1. The molecule has 1 saturated heterocycles. The molecule has 2 N–H and O–H groups in total. The van der Waals surface area contributed by atoms with Crippen LogP contribution in [0.15, 0.2) is 19.4 Å². The molecule has 0 bridgehead atoms. The zero-order valence-electron chi connectivity index (χ0n) is 12.0. The molecule has 1 aliphatic heterocycles. The third kappa shape index (κ3) is 3.97. The standard InChI is InChI=1S/C13H22NOSi.2ClH.Zr/c1-13(2,3)14-10-6-7-11-12(10)16(11,4)9-5-8-15;;;/h14-15H,5-6,8-9H2,1-4H3;2*1H;/q;;;+2/p-2. The van der Waals surface area contributed by atoms with E-state index in [1.807, 2.05) is 0 Å². The quantitative estimate of drug-likeness (QED) is 0.480. The summed E-state index contributed by atoms with van der Waals surface area (Å²) in [5, 5.41) is 16.2. The van der Waals surface area contributed by atoms with Gasteiger partial charge in [0.15, 0.2) is 0 Å². The Morgan fingerprint density at radius 3 is 2.32 bits per heavy atom. The van der Waals surface area contributed by atoms with Gasteiger partial charge in [-0.3, -0.25) is 0 Å². The molecular formula is C13H22Cl2NOSiZr. The minimum absolute atomic E-state index is 0. The summed E-state index contributed by atoms with van der Waals surface area (Å²) in [5.41, 5.74) is 1.68. The molecule has 0 radical (unpaired) electrons. The van der Waals surface area contributed by atoms with E-state index < -0.39 is 8.07 Å². The first kappa shape index (κ1) is 19.9. The normalized spacial score (nSPS) is 24.8. The van der Waals surface area contributed by atoms with Gasteiger partial charge in [0.2, 0.25) is 0 Å². The van der Waals surface area contributed by atoms with Crippen LogP contribution in [0.4, 0.5) is 0 Å². The zero-order chi connectivity index (χ0) is 12.8. The van der Waals surface area contributed by atoms with Crippen molar-refractivity contribution in [2.24, 2.45) is 0 Å². The molecule has 1 fully saturated rings. The Labute approximate surface area is 145 Å². The second-order valence-electron chi connectivity index (χ2n) is 6.42. The maximum atomic E-state index is 9.02. The van der Waals surface area contributed by atoms with Gasteiger partial charge in [-0.05, 0) is 0 Å². The number of rotatable bonds is 4. The Morgan fingerprint density at radius 2 is 1.84 bits per heavy atom. The molecule has 1 unspecified atom stereocenters. The first-order valence-electron chi connectivity index (χ1n) is 6.38. The predicted molar refractivity (Wildman–Crippen MR) is 69.7 cm³/mol. The topological polar surface area (TPSA) is 32.3 Å². The molecule has 0 amide bonds. The molecule has 0 aromatic carbocycles. The van der Waals surface area contributed by atoms with Gasteiger partial charge in [0.25, 0.3) is 0 Å². The Bertz CT molecular complexity index is 417. The van der Waals surface area contributed by atoms with E-state index in [4.69, 9.17) is 5.11 Å². The van der Waals surface area contributed by atoms with Crippen molar-refractivity contribution in [2.45, 2.75) is 51.7 Å². The molecule has 19 heavy (non-hydrogen) atoms. The minimum atomic E-state index is -1.24. The molecule has 0 spiro atoms. The summed E-state index contributed by atoms with van der Waals surface area (Å²) in [6.07, 6.45) is 2.14. The van der Waals surface area contributed by atoms with E-state index in [1.165, 1.54) is 18.2 Å². The van der Waals surface area contributed by atoms with Crippen molar-refractivity contribution < 1.29 is 54.6 Å². The van der Waals surface area contributed by atoms with Gasteiger partial charge in [0.1, 0.15) is 0 Å². The van der Waals surface area contributed by atoms with E-state index in [-0.39, 0.29) is 30.4 Å². The van der Waals surface area contributed by atoms with E-state index in [2.05, 4.69) is 32.6 Å². The van der Waals surface area contributed by atoms with Crippen LogP contribution in [0.2, 0.25) is 12.6 Å². The number of aliphatic hydroxyl groups is 1. The summed E-state index contributed by atoms with van der Waals surface area (Å²) in [5.74, 6) is 0. The largest absolute Gasteiger partial charge is 1.00 e. The summed E-state index contributed by atoms with van der Waals surface area (Å²) in [6, 6.07) is 1.24. The maximum absolute atomic E-state index is 9.02. The molecule has 6 heteroatoms. The first-order chi connectivity index (χ1) is 7.79. The van der Waals surface area contributed by atoms with Crippen molar-refractivity contribution in [3.8, 4) is 0 Å². The minimum Gasteiger partial charge on any atom is -1.00 e. The molecule has 1 heterocycles. The summed E-state index contributed by atoms with van der Waals surface area (Å²) in [4.78, 5) is 0. The number of halogens is 2. The Morgan fingerprint density at radius 1 is 1.26 bits per heavy atom. The first-order valence-corrected chi connectivity index (χ1v) is 10.3. The molecule has 107 valence electrons. The van der Waals surface area contributed by atoms with Crippen LogP contribution in [0.25, 0.3) is 0 Å². The van der Waals surface area contributed by atoms with Gasteiger partial charge < -0.3 is 24.8 Å². The SMILES string of the molecule is CC(C)(C)NC1=C2C(=[C]([Zr+2])C1)[Si]2(C)CCCO.[Cl-].[Cl-]. The van der Waals surface area contributed by atoms with Crippen molar-refractivity contribution >= 4 is 8.07 Å². The Hall–Kier alpha value is 0.920. The number of nitrogens with one attached hydrogen (secondary N) is 1. The van der Waals surface area contributed by atoms with E-state index in [1.54, 1.807) is 38.4 Å². The molecule has 2 rings (SSSR count). The third-order valence-corrected chi connectivity index (χ3v) is 9.69. The summed E-state index contributed by atoms with van der Waals surface area (Å²) >= 11 is 1.59. The fourth-order valence-corrected chi connectivity index (χ4v) is 10.8. The van der Waals surface area contributed by atoms with Crippen molar-refractivity contribution in [2.75, 3.05) is 6.61 Å². The van der Waals surface area contributed by atoms with E-state index >= 15 is 0 Å². The monoisotopic (exact) mass is 396 g/mol. The van der Waals surface area contributed by atoms with Gasteiger partial charge in [-0.25, -0.2) is 0 Å². The average molecular weight is 399 g/mol. The van der Waals surface area contributed by atoms with Gasteiger partial charge in [0.05, 0.1) is 0 Å². The molecule has 1 aliphatic carbocycles. The van der Waals surface area contributed by atoms with Crippen molar-refractivity contribution in [3.63, 3.8) is 0 Å². The van der Waals surface area contributed by atoms with Crippen molar-refractivity contribution in [3.05, 3.63) is 19.4 Å². The fourth-order valence-electron chi connectivity index (χ4n) is 2.98. The second kappa shape index (κ2) is 6.79. The molecule has 0 aromatic heterocycles. The van der Waals surface area contributed by atoms with Crippen molar-refractivity contribution in [1.82, 2.24) is 5.32 Å². The molecule has 0 saturated carbocycles. The maximum Gasteiger partial charge on any atom is -1.00 e. The van der Waals surface area contributed by atoms with E-state index in [9.17, 15) is 0 Å². The van der Waals surface area contributed by atoms with Gasteiger partial charge in [-0.1, -0.05) is 0 Å². The molecular weight excluding hydrogens is 376 g/mol. The Balaban J connectivity index is 0.00000162. The number of allylic oxidation sites excluding steroid dienone is 3. The van der Waals surface area contributed by atoms with Crippen molar-refractivity contribution in [1.29, 1.82) is 0 Å². The van der Waals surface area contributed by atoms with Gasteiger partial charge in [-0.2, -0.15) is 0 Å². The third-order valence-electron chi connectivity index (χ3n) is 3.61. The predicted octanol–water partition coefficient (Wildman–Crippen LogP) is -3.61. The second-order valence-corrected chi connectivity index (χ2v) is 12.1. The molecule has 1 atom stereocenters.